The van der Waals surface area contributed by atoms with Crippen LogP contribution in [0.15, 0.2) is 4.47 Å². The van der Waals surface area contributed by atoms with E-state index in [-0.39, 0.29) is 5.91 Å². The Morgan fingerprint density at radius 2 is 2.10 bits per heavy atom. The Morgan fingerprint density at radius 1 is 1.43 bits per heavy atom. The Balaban J connectivity index is 2.21. The van der Waals surface area contributed by atoms with Gasteiger partial charge in [-0.15, -0.1) is 0 Å². The third kappa shape index (κ3) is 3.66. The summed E-state index contributed by atoms with van der Waals surface area (Å²) in [7, 11) is 0. The Kier molecular flexibility index (Phi) is 5.81. The van der Waals surface area contributed by atoms with Gasteiger partial charge in [0.1, 0.15) is 0 Å². The zero-order valence-electron chi connectivity index (χ0n) is 13.1. The number of amides is 1. The Bertz CT molecular complexity index is 480. The van der Waals surface area contributed by atoms with Gasteiger partial charge in [-0.25, -0.2) is 0 Å². The summed E-state index contributed by atoms with van der Waals surface area (Å²) in [6, 6.07) is 0.324. The van der Waals surface area contributed by atoms with Gasteiger partial charge in [0, 0.05) is 12.6 Å². The van der Waals surface area contributed by atoms with E-state index in [9.17, 15) is 4.79 Å². The number of carbonyl (C=O) groups excluding carboxylic acids is 1. The lowest BCUT2D eigenvalue weighted by Crippen LogP contribution is -2.46. The van der Waals surface area contributed by atoms with Crippen LogP contribution in [0.3, 0.4) is 0 Å². The third-order valence-corrected chi connectivity index (χ3v) is 4.79. The highest BCUT2D eigenvalue weighted by Crippen LogP contribution is 2.27. The van der Waals surface area contributed by atoms with Crippen LogP contribution in [-0.4, -0.2) is 46.7 Å². The molecular weight excluding hydrogens is 332 g/mol. The Labute approximate surface area is 135 Å². The zero-order valence-corrected chi connectivity index (χ0v) is 14.7. The van der Waals surface area contributed by atoms with Gasteiger partial charge in [-0.05, 0) is 54.2 Å². The van der Waals surface area contributed by atoms with Crippen LogP contribution in [0.2, 0.25) is 0 Å². The molecule has 6 heteroatoms. The van der Waals surface area contributed by atoms with Crippen molar-refractivity contribution in [1.29, 1.82) is 0 Å². The topological polar surface area (TPSA) is 61.0 Å². The van der Waals surface area contributed by atoms with Gasteiger partial charge < -0.3 is 10.2 Å². The Morgan fingerprint density at radius 3 is 2.62 bits per heavy atom. The number of piperidine rings is 1. The predicted molar refractivity (Wildman–Crippen MR) is 87.6 cm³/mol. The number of aromatic nitrogens is 2. The molecule has 2 rings (SSSR count). The lowest BCUT2D eigenvalue weighted by molar-refractivity contribution is 0.0635. The van der Waals surface area contributed by atoms with Gasteiger partial charge >= 0.3 is 0 Å². The molecule has 1 aromatic heterocycles. The number of aromatic amines is 1. The van der Waals surface area contributed by atoms with Crippen LogP contribution in [0.1, 0.15) is 62.1 Å². The number of hydrogen-bond acceptors (Lipinski definition) is 3. The van der Waals surface area contributed by atoms with Crippen molar-refractivity contribution in [1.82, 2.24) is 20.4 Å². The van der Waals surface area contributed by atoms with E-state index in [2.05, 4.69) is 52.2 Å². The normalized spacial score (nSPS) is 16.4. The van der Waals surface area contributed by atoms with Gasteiger partial charge in [-0.3, -0.25) is 9.89 Å². The van der Waals surface area contributed by atoms with Crippen molar-refractivity contribution in [3.05, 3.63) is 15.9 Å². The first-order valence-corrected chi connectivity index (χ1v) is 8.61. The van der Waals surface area contributed by atoms with Crippen LogP contribution in [0.5, 0.6) is 0 Å². The maximum Gasteiger partial charge on any atom is 0.275 e. The molecule has 2 heterocycles. The van der Waals surface area contributed by atoms with E-state index in [1.807, 2.05) is 4.90 Å². The number of nitrogens with one attached hydrogen (secondary N) is 2. The minimum Gasteiger partial charge on any atom is -0.334 e. The van der Waals surface area contributed by atoms with Crippen molar-refractivity contribution in [2.45, 2.75) is 52.0 Å². The van der Waals surface area contributed by atoms with Crippen molar-refractivity contribution in [2.24, 2.45) is 0 Å². The fraction of sp³-hybridized carbons (Fsp3) is 0.733. The summed E-state index contributed by atoms with van der Waals surface area (Å²) in [5, 5.41) is 10.6. The van der Waals surface area contributed by atoms with Gasteiger partial charge in [-0.1, -0.05) is 20.8 Å². The molecule has 0 unspecified atom stereocenters. The van der Waals surface area contributed by atoms with Crippen molar-refractivity contribution < 1.29 is 4.79 Å². The molecule has 118 valence electrons. The van der Waals surface area contributed by atoms with E-state index in [1.54, 1.807) is 0 Å². The maximum atomic E-state index is 12.9. The molecular formula is C15H25BrN4O. The second kappa shape index (κ2) is 7.40. The molecule has 0 saturated carbocycles. The highest BCUT2D eigenvalue weighted by molar-refractivity contribution is 9.10. The molecule has 21 heavy (non-hydrogen) atoms. The first-order chi connectivity index (χ1) is 10.1. The minimum absolute atomic E-state index is 0.0405. The number of halogens is 1. The van der Waals surface area contributed by atoms with Gasteiger partial charge in [0.15, 0.2) is 5.69 Å². The average molecular weight is 357 g/mol. The molecule has 1 aliphatic rings. The van der Waals surface area contributed by atoms with E-state index in [4.69, 9.17) is 0 Å². The van der Waals surface area contributed by atoms with E-state index < -0.39 is 0 Å². The largest absolute Gasteiger partial charge is 0.334 e. The van der Waals surface area contributed by atoms with Crippen molar-refractivity contribution in [3.63, 3.8) is 0 Å². The highest BCUT2D eigenvalue weighted by Gasteiger charge is 2.29. The van der Waals surface area contributed by atoms with E-state index in [0.717, 1.165) is 49.1 Å². The predicted octanol–water partition coefficient (Wildman–Crippen LogP) is 2.90. The van der Waals surface area contributed by atoms with Crippen molar-refractivity contribution in [2.75, 3.05) is 19.6 Å². The van der Waals surface area contributed by atoms with E-state index >= 15 is 0 Å². The molecule has 0 spiro atoms. The highest BCUT2D eigenvalue weighted by atomic mass is 79.9. The van der Waals surface area contributed by atoms with Crippen LogP contribution in [0.4, 0.5) is 0 Å². The molecule has 1 saturated heterocycles. The average Bonchev–Trinajstić information content (AvgIpc) is 2.87. The third-order valence-electron chi connectivity index (χ3n) is 3.99. The van der Waals surface area contributed by atoms with Crippen LogP contribution in [-0.2, 0) is 0 Å². The lowest BCUT2D eigenvalue weighted by atomic mass is 10.0. The number of rotatable bonds is 5. The summed E-state index contributed by atoms with van der Waals surface area (Å²) >= 11 is 3.54. The maximum absolute atomic E-state index is 12.9. The molecule has 0 radical (unpaired) electrons. The van der Waals surface area contributed by atoms with Gasteiger partial charge in [0.25, 0.3) is 5.91 Å². The summed E-state index contributed by atoms with van der Waals surface area (Å²) in [5.41, 5.74) is 1.51. The van der Waals surface area contributed by atoms with Crippen LogP contribution < -0.4 is 5.32 Å². The second-order valence-electron chi connectivity index (χ2n) is 5.93. The summed E-state index contributed by atoms with van der Waals surface area (Å²) in [6.45, 7) is 9.04. The number of carbonyl (C=O) groups is 1. The number of hydrogen-bond donors (Lipinski definition) is 2. The van der Waals surface area contributed by atoms with E-state index in [1.165, 1.54) is 0 Å². The van der Waals surface area contributed by atoms with Crippen LogP contribution in [0, 0.1) is 0 Å². The fourth-order valence-electron chi connectivity index (χ4n) is 2.81. The zero-order chi connectivity index (χ0) is 15.4. The fourth-order valence-corrected chi connectivity index (χ4v) is 3.62. The summed E-state index contributed by atoms with van der Waals surface area (Å²) in [5.74, 6) is 0.353. The first-order valence-electron chi connectivity index (χ1n) is 7.81. The molecule has 0 aliphatic carbocycles. The number of nitrogens with zero attached hydrogens (tertiary/aromatic N) is 2. The summed E-state index contributed by atoms with van der Waals surface area (Å²) < 4.78 is 0.817. The summed E-state index contributed by atoms with van der Waals surface area (Å²) in [6.07, 6.45) is 3.00. The van der Waals surface area contributed by atoms with Crippen molar-refractivity contribution in [3.8, 4) is 0 Å². The monoisotopic (exact) mass is 356 g/mol. The molecule has 2 N–H and O–H groups in total. The number of H-pyrrole nitrogens is 1. The lowest BCUT2D eigenvalue weighted by Gasteiger charge is -2.34. The molecule has 1 aliphatic heterocycles. The van der Waals surface area contributed by atoms with Gasteiger partial charge in [0.05, 0.1) is 10.2 Å². The van der Waals surface area contributed by atoms with E-state index in [0.29, 0.717) is 17.7 Å². The van der Waals surface area contributed by atoms with Crippen molar-refractivity contribution >= 4 is 21.8 Å². The molecule has 5 nitrogen and oxygen atoms in total. The standard InChI is InChI=1S/C15H25BrN4O/c1-4-9-20(11-5-7-17-8-6-11)15(21)14-12(16)13(10(2)3)18-19-14/h10-11,17H,4-9H2,1-3H3,(H,18,19). The van der Waals surface area contributed by atoms with Gasteiger partial charge in [0.2, 0.25) is 0 Å². The Hall–Kier alpha value is -0.880. The molecule has 1 amide bonds. The van der Waals surface area contributed by atoms with Crippen LogP contribution in [0.25, 0.3) is 0 Å². The summed E-state index contributed by atoms with van der Waals surface area (Å²) in [4.78, 5) is 14.9. The first kappa shape index (κ1) is 16.5. The SMILES string of the molecule is CCCN(C(=O)c1n[nH]c(C(C)C)c1Br)C1CCNCC1. The smallest absolute Gasteiger partial charge is 0.275 e. The molecule has 1 fully saturated rings. The molecule has 0 aromatic carbocycles. The molecule has 1 aromatic rings. The van der Waals surface area contributed by atoms with Crippen LogP contribution >= 0.6 is 15.9 Å². The quantitative estimate of drug-likeness (QED) is 0.852. The second-order valence-corrected chi connectivity index (χ2v) is 6.73. The van der Waals surface area contributed by atoms with Gasteiger partial charge in [-0.2, -0.15) is 5.10 Å². The molecule has 0 atom stereocenters. The molecule has 0 bridgehead atoms. The minimum atomic E-state index is 0.0405.